The van der Waals surface area contributed by atoms with Crippen LogP contribution in [0.4, 0.5) is 5.82 Å². The van der Waals surface area contributed by atoms with Crippen LogP contribution in [-0.4, -0.2) is 40.0 Å². The molecular formula is C10H17N5O3. The number of ether oxygens (including phenoxy) is 1. The maximum atomic E-state index is 11.5. The van der Waals surface area contributed by atoms with E-state index < -0.39 is 5.97 Å². The van der Waals surface area contributed by atoms with E-state index in [-0.39, 0.29) is 30.6 Å². The summed E-state index contributed by atoms with van der Waals surface area (Å²) in [6.07, 6.45) is 0.840. The van der Waals surface area contributed by atoms with Gasteiger partial charge in [0.15, 0.2) is 5.82 Å². The van der Waals surface area contributed by atoms with E-state index in [0.717, 1.165) is 11.1 Å². The number of nitrogen functional groups attached to an aromatic ring is 1. The molecule has 100 valence electrons. The Labute approximate surface area is 104 Å². The van der Waals surface area contributed by atoms with Crippen molar-refractivity contribution < 1.29 is 14.3 Å². The van der Waals surface area contributed by atoms with Crippen LogP contribution in [0.3, 0.4) is 0 Å². The summed E-state index contributed by atoms with van der Waals surface area (Å²) in [5, 5.41) is 9.92. The fraction of sp³-hybridized carbons (Fsp3) is 0.600. The van der Waals surface area contributed by atoms with Crippen LogP contribution in [0.5, 0.6) is 0 Å². The molecule has 1 aromatic rings. The van der Waals surface area contributed by atoms with Crippen molar-refractivity contribution in [3.63, 3.8) is 0 Å². The molecule has 0 aliphatic carbocycles. The van der Waals surface area contributed by atoms with Crippen molar-refractivity contribution in [1.82, 2.24) is 20.3 Å². The van der Waals surface area contributed by atoms with Crippen molar-refractivity contribution in [3.8, 4) is 0 Å². The monoisotopic (exact) mass is 255 g/mol. The van der Waals surface area contributed by atoms with Crippen LogP contribution in [0.25, 0.3) is 0 Å². The molecule has 0 atom stereocenters. The zero-order valence-electron chi connectivity index (χ0n) is 10.5. The minimum atomic E-state index is -0.643. The predicted molar refractivity (Wildman–Crippen MR) is 63.7 cm³/mol. The van der Waals surface area contributed by atoms with E-state index in [1.54, 1.807) is 6.92 Å². The van der Waals surface area contributed by atoms with Gasteiger partial charge in [0.1, 0.15) is 6.54 Å². The lowest BCUT2D eigenvalue weighted by atomic mass is 10.4. The van der Waals surface area contributed by atoms with E-state index in [9.17, 15) is 9.59 Å². The zero-order valence-corrected chi connectivity index (χ0v) is 10.5. The molecule has 18 heavy (non-hydrogen) atoms. The third kappa shape index (κ3) is 3.44. The normalized spacial score (nSPS) is 10.1. The van der Waals surface area contributed by atoms with Gasteiger partial charge in [0.2, 0.25) is 11.6 Å². The van der Waals surface area contributed by atoms with Crippen LogP contribution >= 0.6 is 0 Å². The molecule has 0 radical (unpaired) electrons. The topological polar surface area (TPSA) is 112 Å². The second-order valence-electron chi connectivity index (χ2n) is 3.55. The molecule has 1 aromatic heterocycles. The molecule has 0 fully saturated rings. The number of amides is 1. The minimum Gasteiger partial charge on any atom is -0.461 e. The Morgan fingerprint density at radius 3 is 2.78 bits per heavy atom. The van der Waals surface area contributed by atoms with Crippen molar-refractivity contribution in [2.75, 3.05) is 18.9 Å². The molecule has 0 aliphatic heterocycles. The highest BCUT2D eigenvalue weighted by molar-refractivity contribution is 5.92. The van der Waals surface area contributed by atoms with E-state index in [1.807, 2.05) is 6.92 Å². The smallest absolute Gasteiger partial charge is 0.362 e. The summed E-state index contributed by atoms with van der Waals surface area (Å²) in [5.74, 6) is -0.848. The van der Waals surface area contributed by atoms with Gasteiger partial charge in [0.25, 0.3) is 0 Å². The first-order chi connectivity index (χ1) is 8.60. The summed E-state index contributed by atoms with van der Waals surface area (Å²) in [6, 6.07) is 0. The largest absolute Gasteiger partial charge is 0.461 e. The standard InChI is InChI=1S/C10H17N5O3/c1-3-5-12-7(16)6-15-9(11)8(13-14-15)10(17)18-4-2/h3-6,11H2,1-2H3,(H,12,16). The van der Waals surface area contributed by atoms with Gasteiger partial charge in [-0.3, -0.25) is 4.79 Å². The third-order valence-electron chi connectivity index (χ3n) is 2.11. The highest BCUT2D eigenvalue weighted by Crippen LogP contribution is 2.08. The maximum Gasteiger partial charge on any atom is 0.362 e. The number of aromatic nitrogens is 3. The first kappa shape index (κ1) is 13.9. The Balaban J connectivity index is 2.68. The quantitative estimate of drug-likeness (QED) is 0.666. The van der Waals surface area contributed by atoms with Crippen LogP contribution in [0.1, 0.15) is 30.8 Å². The Hall–Kier alpha value is -2.12. The van der Waals surface area contributed by atoms with Gasteiger partial charge in [0.05, 0.1) is 6.61 Å². The number of hydrogen-bond acceptors (Lipinski definition) is 6. The zero-order chi connectivity index (χ0) is 13.5. The maximum absolute atomic E-state index is 11.5. The number of carbonyl (C=O) groups is 2. The summed E-state index contributed by atoms with van der Waals surface area (Å²) < 4.78 is 5.92. The van der Waals surface area contributed by atoms with Crippen LogP contribution in [0.2, 0.25) is 0 Å². The van der Waals surface area contributed by atoms with Crippen molar-refractivity contribution in [2.45, 2.75) is 26.8 Å². The first-order valence-corrected chi connectivity index (χ1v) is 5.72. The van der Waals surface area contributed by atoms with Crippen LogP contribution in [0, 0.1) is 0 Å². The number of esters is 1. The number of rotatable bonds is 6. The lowest BCUT2D eigenvalue weighted by molar-refractivity contribution is -0.121. The molecule has 0 aromatic carbocycles. The molecule has 0 saturated carbocycles. The van der Waals surface area contributed by atoms with E-state index in [2.05, 4.69) is 15.6 Å². The van der Waals surface area contributed by atoms with E-state index in [0.29, 0.717) is 6.54 Å². The summed E-state index contributed by atoms with van der Waals surface area (Å²) in [4.78, 5) is 22.9. The molecule has 0 bridgehead atoms. The van der Waals surface area contributed by atoms with Gasteiger partial charge < -0.3 is 15.8 Å². The SMILES string of the molecule is CCCNC(=O)Cn1nnc(C(=O)OCC)c1N. The van der Waals surface area contributed by atoms with Gasteiger partial charge in [-0.1, -0.05) is 12.1 Å². The van der Waals surface area contributed by atoms with Gasteiger partial charge in [-0.15, -0.1) is 5.10 Å². The van der Waals surface area contributed by atoms with E-state index >= 15 is 0 Å². The van der Waals surface area contributed by atoms with Gasteiger partial charge in [0, 0.05) is 6.54 Å². The number of nitrogens with zero attached hydrogens (tertiary/aromatic N) is 3. The molecule has 0 unspecified atom stereocenters. The molecule has 0 aliphatic rings. The highest BCUT2D eigenvalue weighted by atomic mass is 16.5. The third-order valence-corrected chi connectivity index (χ3v) is 2.11. The summed E-state index contributed by atoms with van der Waals surface area (Å²) in [7, 11) is 0. The Bertz CT molecular complexity index is 429. The number of anilines is 1. The van der Waals surface area contributed by atoms with Gasteiger partial charge in [-0.05, 0) is 13.3 Å². The van der Waals surface area contributed by atoms with Gasteiger partial charge in [-0.25, -0.2) is 9.48 Å². The number of hydrogen-bond donors (Lipinski definition) is 2. The minimum absolute atomic E-state index is 0.0279. The molecule has 1 heterocycles. The van der Waals surface area contributed by atoms with Gasteiger partial charge in [-0.2, -0.15) is 0 Å². The Morgan fingerprint density at radius 2 is 2.17 bits per heavy atom. The van der Waals surface area contributed by atoms with E-state index in [1.165, 1.54) is 0 Å². The van der Waals surface area contributed by atoms with Crippen molar-refractivity contribution in [3.05, 3.63) is 5.69 Å². The van der Waals surface area contributed by atoms with Crippen molar-refractivity contribution in [1.29, 1.82) is 0 Å². The lowest BCUT2D eigenvalue weighted by Gasteiger charge is -2.04. The number of nitrogens with two attached hydrogens (primary N) is 1. The number of nitrogens with one attached hydrogen (secondary N) is 1. The molecule has 1 rings (SSSR count). The average Bonchev–Trinajstić information content (AvgIpc) is 2.69. The molecule has 3 N–H and O–H groups in total. The lowest BCUT2D eigenvalue weighted by Crippen LogP contribution is -2.29. The van der Waals surface area contributed by atoms with Crippen LogP contribution in [-0.2, 0) is 16.1 Å². The van der Waals surface area contributed by atoms with E-state index in [4.69, 9.17) is 10.5 Å². The fourth-order valence-electron chi connectivity index (χ4n) is 1.24. The van der Waals surface area contributed by atoms with Crippen molar-refractivity contribution >= 4 is 17.7 Å². The first-order valence-electron chi connectivity index (χ1n) is 5.72. The average molecular weight is 255 g/mol. The Kier molecular flexibility index (Phi) is 5.09. The molecule has 0 spiro atoms. The Morgan fingerprint density at radius 1 is 1.44 bits per heavy atom. The predicted octanol–water partition coefficient (Wildman–Crippen LogP) is -0.437. The second kappa shape index (κ2) is 6.58. The number of carbonyl (C=O) groups excluding carboxylic acids is 2. The van der Waals surface area contributed by atoms with Crippen LogP contribution in [0.15, 0.2) is 0 Å². The molecule has 8 heteroatoms. The summed E-state index contributed by atoms with van der Waals surface area (Å²) in [6.45, 7) is 4.36. The summed E-state index contributed by atoms with van der Waals surface area (Å²) >= 11 is 0. The van der Waals surface area contributed by atoms with Gasteiger partial charge >= 0.3 is 5.97 Å². The molecule has 8 nitrogen and oxygen atoms in total. The van der Waals surface area contributed by atoms with Crippen LogP contribution < -0.4 is 11.1 Å². The summed E-state index contributed by atoms with van der Waals surface area (Å²) in [5.41, 5.74) is 5.60. The fourth-order valence-corrected chi connectivity index (χ4v) is 1.24. The molecule has 1 amide bonds. The van der Waals surface area contributed by atoms with Crippen molar-refractivity contribution in [2.24, 2.45) is 0 Å². The molecular weight excluding hydrogens is 238 g/mol. The highest BCUT2D eigenvalue weighted by Gasteiger charge is 2.19. The second-order valence-corrected chi connectivity index (χ2v) is 3.55. The molecule has 0 saturated heterocycles.